The standard InChI is InChI=1S/C17H18N2O2S/c1-2-13-8-10-15(11-9-13)21-12-16(20)19-17(22)18-14-6-4-3-5-7-14/h3-11H,2,12H2,1H3,(H2,18,19,20,22). The van der Waals surface area contributed by atoms with E-state index in [1.54, 1.807) is 0 Å². The van der Waals surface area contributed by atoms with Crippen LogP contribution in [0.25, 0.3) is 0 Å². The van der Waals surface area contributed by atoms with Crippen LogP contribution in [0.5, 0.6) is 5.75 Å². The summed E-state index contributed by atoms with van der Waals surface area (Å²) in [4.78, 5) is 11.8. The van der Waals surface area contributed by atoms with Crippen LogP contribution in [-0.2, 0) is 11.2 Å². The van der Waals surface area contributed by atoms with Gasteiger partial charge in [0.1, 0.15) is 5.75 Å². The van der Waals surface area contributed by atoms with Gasteiger partial charge in [0.05, 0.1) is 0 Å². The van der Waals surface area contributed by atoms with Gasteiger partial charge in [-0.2, -0.15) is 0 Å². The first kappa shape index (κ1) is 16.0. The average molecular weight is 314 g/mol. The number of amides is 1. The molecule has 4 nitrogen and oxygen atoms in total. The van der Waals surface area contributed by atoms with Crippen molar-refractivity contribution in [3.63, 3.8) is 0 Å². The molecule has 2 aromatic rings. The molecule has 2 N–H and O–H groups in total. The topological polar surface area (TPSA) is 50.4 Å². The summed E-state index contributed by atoms with van der Waals surface area (Å²) >= 11 is 5.08. The number of rotatable bonds is 5. The summed E-state index contributed by atoms with van der Waals surface area (Å²) in [5.74, 6) is 0.363. The highest BCUT2D eigenvalue weighted by Crippen LogP contribution is 2.12. The Hall–Kier alpha value is -2.40. The first-order valence-electron chi connectivity index (χ1n) is 7.05. The highest BCUT2D eigenvalue weighted by Gasteiger charge is 2.06. The molecule has 0 atom stereocenters. The van der Waals surface area contributed by atoms with E-state index in [1.807, 2.05) is 54.6 Å². The van der Waals surface area contributed by atoms with E-state index < -0.39 is 0 Å². The second kappa shape index (κ2) is 8.14. The zero-order chi connectivity index (χ0) is 15.8. The summed E-state index contributed by atoms with van der Waals surface area (Å²) in [6.45, 7) is 2.01. The average Bonchev–Trinajstić information content (AvgIpc) is 2.54. The Kier molecular flexibility index (Phi) is 5.91. The molecule has 2 rings (SSSR count). The van der Waals surface area contributed by atoms with Crippen molar-refractivity contribution >= 4 is 28.9 Å². The molecule has 0 heterocycles. The van der Waals surface area contributed by atoms with Crippen molar-refractivity contribution in [2.45, 2.75) is 13.3 Å². The summed E-state index contributed by atoms with van der Waals surface area (Å²) in [6, 6.07) is 17.1. The molecule has 22 heavy (non-hydrogen) atoms. The highest BCUT2D eigenvalue weighted by molar-refractivity contribution is 7.80. The fraction of sp³-hybridized carbons (Fsp3) is 0.176. The van der Waals surface area contributed by atoms with Crippen LogP contribution >= 0.6 is 12.2 Å². The minimum atomic E-state index is -0.298. The SMILES string of the molecule is CCc1ccc(OCC(=O)NC(=S)Nc2ccccc2)cc1. The van der Waals surface area contributed by atoms with Gasteiger partial charge in [0, 0.05) is 5.69 Å². The van der Waals surface area contributed by atoms with Crippen molar-refractivity contribution in [2.75, 3.05) is 11.9 Å². The number of ether oxygens (including phenoxy) is 1. The molecule has 0 saturated carbocycles. The summed E-state index contributed by atoms with van der Waals surface area (Å²) < 4.78 is 5.42. The zero-order valence-electron chi connectivity index (χ0n) is 12.3. The largest absolute Gasteiger partial charge is 0.484 e. The summed E-state index contributed by atoms with van der Waals surface area (Å²) in [5, 5.41) is 5.76. The quantitative estimate of drug-likeness (QED) is 0.833. The number of carbonyl (C=O) groups excluding carboxylic acids is 1. The summed E-state index contributed by atoms with van der Waals surface area (Å²) in [5.41, 5.74) is 2.05. The van der Waals surface area contributed by atoms with Gasteiger partial charge in [-0.1, -0.05) is 37.3 Å². The van der Waals surface area contributed by atoms with Gasteiger partial charge in [0.2, 0.25) is 0 Å². The number of hydrogen-bond acceptors (Lipinski definition) is 3. The Labute approximate surface area is 135 Å². The predicted octanol–water partition coefficient (Wildman–Crippen LogP) is 3.14. The van der Waals surface area contributed by atoms with E-state index in [9.17, 15) is 4.79 Å². The van der Waals surface area contributed by atoms with Crippen LogP contribution < -0.4 is 15.4 Å². The minimum Gasteiger partial charge on any atom is -0.484 e. The second-order valence-electron chi connectivity index (χ2n) is 4.65. The van der Waals surface area contributed by atoms with E-state index >= 15 is 0 Å². The molecule has 0 bridgehead atoms. The van der Waals surface area contributed by atoms with Crippen molar-refractivity contribution < 1.29 is 9.53 Å². The van der Waals surface area contributed by atoms with Crippen molar-refractivity contribution in [1.29, 1.82) is 0 Å². The van der Waals surface area contributed by atoms with Gasteiger partial charge in [-0.15, -0.1) is 0 Å². The molecular formula is C17H18N2O2S. The molecule has 114 valence electrons. The molecule has 5 heteroatoms. The van der Waals surface area contributed by atoms with Gasteiger partial charge in [0.15, 0.2) is 11.7 Å². The monoisotopic (exact) mass is 314 g/mol. The number of thiocarbonyl (C=S) groups is 1. The van der Waals surface area contributed by atoms with Crippen LogP contribution in [0.3, 0.4) is 0 Å². The Bertz CT molecular complexity index is 627. The molecule has 0 aliphatic rings. The first-order valence-corrected chi connectivity index (χ1v) is 7.46. The molecule has 0 unspecified atom stereocenters. The van der Waals surface area contributed by atoms with E-state index in [4.69, 9.17) is 17.0 Å². The summed E-state index contributed by atoms with van der Waals surface area (Å²) in [7, 11) is 0. The van der Waals surface area contributed by atoms with Gasteiger partial charge < -0.3 is 10.1 Å². The van der Waals surface area contributed by atoms with Crippen molar-refractivity contribution in [1.82, 2.24) is 5.32 Å². The second-order valence-corrected chi connectivity index (χ2v) is 5.06. The number of benzene rings is 2. The Morgan fingerprint density at radius 2 is 1.77 bits per heavy atom. The van der Waals surface area contributed by atoms with E-state index in [0.717, 1.165) is 12.1 Å². The lowest BCUT2D eigenvalue weighted by Gasteiger charge is -2.10. The van der Waals surface area contributed by atoms with E-state index in [0.29, 0.717) is 5.75 Å². The number of nitrogens with one attached hydrogen (secondary N) is 2. The van der Waals surface area contributed by atoms with Crippen molar-refractivity contribution in [3.8, 4) is 5.75 Å². The van der Waals surface area contributed by atoms with Gasteiger partial charge in [-0.3, -0.25) is 10.1 Å². The van der Waals surface area contributed by atoms with E-state index in [1.165, 1.54) is 5.56 Å². The van der Waals surface area contributed by atoms with Crippen LogP contribution in [0.4, 0.5) is 5.69 Å². The summed E-state index contributed by atoms with van der Waals surface area (Å²) in [6.07, 6.45) is 0.972. The van der Waals surface area contributed by atoms with Gasteiger partial charge >= 0.3 is 0 Å². The maximum Gasteiger partial charge on any atom is 0.264 e. The first-order chi connectivity index (χ1) is 10.7. The highest BCUT2D eigenvalue weighted by atomic mass is 32.1. The lowest BCUT2D eigenvalue weighted by atomic mass is 10.2. The molecule has 0 aromatic heterocycles. The van der Waals surface area contributed by atoms with Crippen molar-refractivity contribution in [3.05, 3.63) is 60.2 Å². The third kappa shape index (κ3) is 5.18. The third-order valence-electron chi connectivity index (χ3n) is 2.99. The maximum atomic E-state index is 11.8. The van der Waals surface area contributed by atoms with Crippen molar-refractivity contribution in [2.24, 2.45) is 0 Å². The number of hydrogen-bond donors (Lipinski definition) is 2. The predicted molar refractivity (Wildman–Crippen MR) is 92.1 cm³/mol. The van der Waals surface area contributed by atoms with Gasteiger partial charge in [-0.25, -0.2) is 0 Å². The fourth-order valence-electron chi connectivity index (χ4n) is 1.82. The maximum absolute atomic E-state index is 11.8. The van der Waals surface area contributed by atoms with E-state index in [2.05, 4.69) is 17.6 Å². The normalized spacial score (nSPS) is 9.86. The van der Waals surface area contributed by atoms with Gasteiger partial charge in [-0.05, 0) is 48.5 Å². The minimum absolute atomic E-state index is 0.0813. The van der Waals surface area contributed by atoms with Crippen LogP contribution in [0.2, 0.25) is 0 Å². The smallest absolute Gasteiger partial charge is 0.264 e. The number of aryl methyl sites for hydroxylation is 1. The number of carbonyl (C=O) groups is 1. The molecule has 0 spiro atoms. The van der Waals surface area contributed by atoms with Gasteiger partial charge in [0.25, 0.3) is 5.91 Å². The molecule has 0 aliphatic heterocycles. The number of anilines is 1. The lowest BCUT2D eigenvalue weighted by molar-refractivity contribution is -0.121. The Morgan fingerprint density at radius 1 is 1.09 bits per heavy atom. The molecule has 0 radical (unpaired) electrons. The van der Waals surface area contributed by atoms with Crippen LogP contribution in [0, 0.1) is 0 Å². The molecular weight excluding hydrogens is 296 g/mol. The molecule has 0 saturated heterocycles. The molecule has 0 fully saturated rings. The lowest BCUT2D eigenvalue weighted by Crippen LogP contribution is -2.37. The van der Waals surface area contributed by atoms with Crippen LogP contribution in [0.15, 0.2) is 54.6 Å². The molecule has 0 aliphatic carbocycles. The Balaban J connectivity index is 1.76. The van der Waals surface area contributed by atoms with Crippen LogP contribution in [0.1, 0.15) is 12.5 Å². The third-order valence-corrected chi connectivity index (χ3v) is 3.19. The van der Waals surface area contributed by atoms with E-state index in [-0.39, 0.29) is 17.6 Å². The molecule has 1 amide bonds. The zero-order valence-corrected chi connectivity index (χ0v) is 13.2. The number of para-hydroxylation sites is 1. The Morgan fingerprint density at radius 3 is 2.41 bits per heavy atom. The fourth-order valence-corrected chi connectivity index (χ4v) is 2.05. The molecule has 2 aromatic carbocycles. The van der Waals surface area contributed by atoms with Crippen LogP contribution in [-0.4, -0.2) is 17.6 Å².